The van der Waals surface area contributed by atoms with Gasteiger partial charge in [0.05, 0.1) is 13.2 Å². The first-order valence-corrected chi connectivity index (χ1v) is 12.1. The molecule has 0 radical (unpaired) electrons. The molecule has 6 nitrogen and oxygen atoms in total. The number of primary amides is 1. The first kappa shape index (κ1) is 24.2. The number of hydrogen-bond donors (Lipinski definition) is 1. The minimum Gasteiger partial charge on any atom is -0.494 e. The number of allylic oxidation sites excluding steroid dienone is 3. The van der Waals surface area contributed by atoms with Crippen molar-refractivity contribution in [2.75, 3.05) is 13.2 Å². The van der Waals surface area contributed by atoms with Gasteiger partial charge in [-0.15, -0.1) is 0 Å². The summed E-state index contributed by atoms with van der Waals surface area (Å²) >= 11 is 0. The Morgan fingerprint density at radius 3 is 2.37 bits per heavy atom. The van der Waals surface area contributed by atoms with Crippen molar-refractivity contribution in [2.45, 2.75) is 63.5 Å². The molecule has 0 aliphatic heterocycles. The molecule has 1 aliphatic carbocycles. The van der Waals surface area contributed by atoms with Gasteiger partial charge in [-0.25, -0.2) is 0 Å². The van der Waals surface area contributed by atoms with Gasteiger partial charge in [0.2, 0.25) is 5.91 Å². The molecule has 0 bridgehead atoms. The lowest BCUT2D eigenvalue weighted by molar-refractivity contribution is 0.0999. The molecule has 1 amide bonds. The Morgan fingerprint density at radius 2 is 1.73 bits per heavy atom. The largest absolute Gasteiger partial charge is 0.494 e. The predicted octanol–water partition coefficient (Wildman–Crippen LogP) is 4.52. The van der Waals surface area contributed by atoms with E-state index in [0.29, 0.717) is 24.3 Å². The lowest BCUT2D eigenvalue weighted by atomic mass is 10.1. The summed E-state index contributed by atoms with van der Waals surface area (Å²) in [6.07, 6.45) is 13.0. The molecule has 1 atom stereocenters. The van der Waals surface area contributed by atoms with Gasteiger partial charge in [-0.1, -0.05) is 62.0 Å². The normalized spacial score (nSPS) is 16.3. The third-order valence-corrected chi connectivity index (χ3v) is 6.63. The maximum absolute atomic E-state index is 12.1. The minimum atomic E-state index is -3.52. The van der Waals surface area contributed by atoms with Crippen LogP contribution < -0.4 is 10.5 Å². The van der Waals surface area contributed by atoms with Gasteiger partial charge in [0, 0.05) is 5.56 Å². The van der Waals surface area contributed by atoms with E-state index in [1.165, 1.54) is 0 Å². The molecule has 0 spiro atoms. The van der Waals surface area contributed by atoms with Crippen LogP contribution in [-0.2, 0) is 14.3 Å². The average molecular weight is 436 g/mol. The Bertz CT molecular complexity index is 845. The van der Waals surface area contributed by atoms with Crippen molar-refractivity contribution in [1.82, 2.24) is 0 Å². The molecule has 0 saturated carbocycles. The van der Waals surface area contributed by atoms with Gasteiger partial charge in [0.1, 0.15) is 11.0 Å². The number of unbranched alkanes of at least 4 members (excludes halogenated alkanes) is 6. The van der Waals surface area contributed by atoms with Crippen LogP contribution in [0.25, 0.3) is 0 Å². The highest BCUT2D eigenvalue weighted by Gasteiger charge is 2.24. The first-order chi connectivity index (χ1) is 14.4. The summed E-state index contributed by atoms with van der Waals surface area (Å²) < 4.78 is 35.1. The summed E-state index contributed by atoms with van der Waals surface area (Å²) in [5, 5.41) is -0.554. The topological polar surface area (TPSA) is 95.7 Å². The number of rotatable bonds is 14. The van der Waals surface area contributed by atoms with Gasteiger partial charge >= 0.3 is 0 Å². The van der Waals surface area contributed by atoms with Crippen LogP contribution in [0.4, 0.5) is 0 Å². The van der Waals surface area contributed by atoms with Crippen molar-refractivity contribution in [2.24, 2.45) is 5.73 Å². The summed E-state index contributed by atoms with van der Waals surface area (Å²) in [5.74, 6) is 0.206. The molecule has 1 aromatic rings. The number of amides is 1. The molecule has 30 heavy (non-hydrogen) atoms. The van der Waals surface area contributed by atoms with Crippen molar-refractivity contribution in [3.63, 3.8) is 0 Å². The van der Waals surface area contributed by atoms with Crippen molar-refractivity contribution in [1.29, 1.82) is 0 Å². The number of ether oxygens (including phenoxy) is 1. The maximum Gasteiger partial charge on any atom is 0.274 e. The lowest BCUT2D eigenvalue weighted by Crippen LogP contribution is -2.22. The molecule has 166 valence electrons. The molecule has 0 heterocycles. The molecule has 7 heteroatoms. The Hall–Kier alpha value is -2.12. The van der Waals surface area contributed by atoms with Crippen LogP contribution in [0.2, 0.25) is 0 Å². The Morgan fingerprint density at radius 1 is 1.07 bits per heavy atom. The van der Waals surface area contributed by atoms with Crippen LogP contribution in [0.15, 0.2) is 48.1 Å². The number of nitrogens with two attached hydrogens (primary N) is 1. The second kappa shape index (κ2) is 12.5. The van der Waals surface area contributed by atoms with E-state index in [1.54, 1.807) is 24.3 Å². The quantitative estimate of drug-likeness (QED) is 0.342. The predicted molar refractivity (Wildman–Crippen MR) is 119 cm³/mol. The number of carbonyl (C=O) groups is 1. The summed E-state index contributed by atoms with van der Waals surface area (Å²) in [6, 6.07) is 6.90. The van der Waals surface area contributed by atoms with Crippen LogP contribution in [0.1, 0.15) is 68.6 Å². The second-order valence-corrected chi connectivity index (χ2v) is 9.44. The smallest absolute Gasteiger partial charge is 0.274 e. The molecule has 2 rings (SSSR count). The fraction of sp³-hybridized carbons (Fsp3) is 0.522. The lowest BCUT2D eigenvalue weighted by Gasteiger charge is -2.15. The van der Waals surface area contributed by atoms with Gasteiger partial charge < -0.3 is 10.5 Å². The third-order valence-electron chi connectivity index (χ3n) is 5.04. The number of benzene rings is 1. The van der Waals surface area contributed by atoms with Crippen LogP contribution in [0.3, 0.4) is 0 Å². The molecule has 1 aliphatic rings. The van der Waals surface area contributed by atoms with Gasteiger partial charge in [-0.2, -0.15) is 8.42 Å². The van der Waals surface area contributed by atoms with E-state index in [2.05, 4.69) is 0 Å². The van der Waals surface area contributed by atoms with E-state index >= 15 is 0 Å². The van der Waals surface area contributed by atoms with Gasteiger partial charge in [0.25, 0.3) is 10.1 Å². The van der Waals surface area contributed by atoms with Gasteiger partial charge in [-0.05, 0) is 44.4 Å². The minimum absolute atomic E-state index is 0.258. The summed E-state index contributed by atoms with van der Waals surface area (Å²) in [6.45, 7) is 2.82. The van der Waals surface area contributed by atoms with Crippen molar-refractivity contribution in [3.8, 4) is 5.75 Å². The highest BCUT2D eigenvalue weighted by atomic mass is 32.2. The average Bonchev–Trinajstić information content (AvgIpc) is 2.72. The summed E-state index contributed by atoms with van der Waals surface area (Å²) in [7, 11) is -3.52. The van der Waals surface area contributed by atoms with Crippen LogP contribution in [0, 0.1) is 0 Å². The Kier molecular flexibility index (Phi) is 10.1. The van der Waals surface area contributed by atoms with E-state index in [1.807, 2.05) is 25.1 Å². The van der Waals surface area contributed by atoms with Crippen LogP contribution in [0.5, 0.6) is 5.75 Å². The highest BCUT2D eigenvalue weighted by molar-refractivity contribution is 7.87. The highest BCUT2D eigenvalue weighted by Crippen LogP contribution is 2.19. The van der Waals surface area contributed by atoms with Crippen LogP contribution >= 0.6 is 0 Å². The SMILES string of the molecule is CC1=CCC(S(=O)(=O)OCCCCCCCCCOc2cccc(C(N)=O)c2)C=C1. The van der Waals surface area contributed by atoms with Crippen molar-refractivity contribution >= 4 is 16.0 Å². The van der Waals surface area contributed by atoms with E-state index in [4.69, 9.17) is 14.7 Å². The molecular weight excluding hydrogens is 402 g/mol. The molecule has 2 N–H and O–H groups in total. The van der Waals surface area contributed by atoms with E-state index in [0.717, 1.165) is 50.5 Å². The zero-order valence-corrected chi connectivity index (χ0v) is 18.5. The fourth-order valence-electron chi connectivity index (χ4n) is 3.20. The second-order valence-electron chi connectivity index (χ2n) is 7.61. The molecule has 1 unspecified atom stereocenters. The van der Waals surface area contributed by atoms with Crippen molar-refractivity contribution in [3.05, 3.63) is 53.6 Å². The third kappa shape index (κ3) is 8.71. The standard InChI is InChI=1S/C23H33NO5S/c1-19-12-14-22(15-13-19)30(26,27)29-17-8-6-4-2-3-5-7-16-28-21-11-9-10-20(18-21)23(24)25/h9-14,18,22H,2-8,15-17H2,1H3,(H2,24,25). The van der Waals surface area contributed by atoms with Gasteiger partial charge in [-0.3, -0.25) is 8.98 Å². The monoisotopic (exact) mass is 435 g/mol. The maximum atomic E-state index is 12.1. The first-order valence-electron chi connectivity index (χ1n) is 10.6. The van der Waals surface area contributed by atoms with Crippen molar-refractivity contribution < 1.29 is 22.1 Å². The molecule has 0 saturated heterocycles. The Balaban J connectivity index is 1.45. The number of carbonyl (C=O) groups excluding carboxylic acids is 1. The van der Waals surface area contributed by atoms with E-state index < -0.39 is 21.3 Å². The van der Waals surface area contributed by atoms with E-state index in [-0.39, 0.29) is 6.61 Å². The van der Waals surface area contributed by atoms with E-state index in [9.17, 15) is 13.2 Å². The molecule has 0 aromatic heterocycles. The number of hydrogen-bond acceptors (Lipinski definition) is 5. The molecular formula is C23H33NO5S. The van der Waals surface area contributed by atoms with Crippen LogP contribution in [-0.4, -0.2) is 32.8 Å². The molecule has 1 aromatic carbocycles. The Labute approximate surface area is 180 Å². The summed E-state index contributed by atoms with van der Waals surface area (Å²) in [4.78, 5) is 11.2. The fourth-order valence-corrected chi connectivity index (χ4v) is 4.33. The zero-order valence-electron chi connectivity index (χ0n) is 17.7. The summed E-state index contributed by atoms with van der Waals surface area (Å²) in [5.41, 5.74) is 6.80. The van der Waals surface area contributed by atoms with Gasteiger partial charge in [0.15, 0.2) is 0 Å². The molecule has 0 fully saturated rings. The zero-order chi connectivity index (χ0) is 21.8.